The third kappa shape index (κ3) is 4.68. The van der Waals surface area contributed by atoms with Gasteiger partial charge in [-0.2, -0.15) is 11.3 Å². The number of carbonyl (C=O) groups is 2. The van der Waals surface area contributed by atoms with Crippen molar-refractivity contribution in [1.29, 1.82) is 0 Å². The Hall–Kier alpha value is -2.90. The van der Waals surface area contributed by atoms with Crippen LogP contribution in [0.15, 0.2) is 59.3 Å². The molecular weight excluding hydrogens is 472 g/mol. The number of carbonyl (C=O) groups excluding carboxylic acids is 2. The van der Waals surface area contributed by atoms with E-state index in [1.165, 1.54) is 24.2 Å². The minimum Gasteiger partial charge on any atom is -0.475 e. The minimum atomic E-state index is -1.29. The number of thiophene rings is 1. The van der Waals surface area contributed by atoms with E-state index in [1.807, 2.05) is 41.9 Å². The Labute approximate surface area is 207 Å². The van der Waals surface area contributed by atoms with Gasteiger partial charge in [0.2, 0.25) is 12.0 Å². The number of amides is 1. The van der Waals surface area contributed by atoms with Gasteiger partial charge in [0.25, 0.3) is 5.91 Å². The molecule has 5 rings (SSSR count). The van der Waals surface area contributed by atoms with E-state index in [0.717, 1.165) is 17.9 Å². The Bertz CT molecular complexity index is 1180. The summed E-state index contributed by atoms with van der Waals surface area (Å²) in [5.41, 5.74) is 0.249. The smallest absolute Gasteiger partial charge is 0.269 e. The second kappa shape index (κ2) is 9.39. The van der Waals surface area contributed by atoms with Crippen molar-refractivity contribution in [2.75, 3.05) is 0 Å². The Balaban J connectivity index is 1.44. The molecule has 176 valence electrons. The van der Waals surface area contributed by atoms with Crippen LogP contribution in [0, 0.1) is 5.92 Å². The lowest BCUT2D eigenvalue weighted by Gasteiger charge is -2.39. The van der Waals surface area contributed by atoms with E-state index < -0.39 is 17.6 Å². The molecule has 3 atom stereocenters. The first-order valence-corrected chi connectivity index (χ1v) is 12.7. The van der Waals surface area contributed by atoms with Crippen molar-refractivity contribution < 1.29 is 19.1 Å². The van der Waals surface area contributed by atoms with Gasteiger partial charge in [0.1, 0.15) is 11.3 Å². The van der Waals surface area contributed by atoms with Crippen molar-refractivity contribution in [3.8, 4) is 11.6 Å². The second-order valence-corrected chi connectivity index (χ2v) is 10.1. The van der Waals surface area contributed by atoms with Crippen LogP contribution in [0.3, 0.4) is 0 Å². The highest BCUT2D eigenvalue weighted by molar-refractivity contribution is 7.08. The maximum Gasteiger partial charge on any atom is 0.269 e. The molecule has 3 heterocycles. The summed E-state index contributed by atoms with van der Waals surface area (Å²) in [6.07, 6.45) is 2.27. The number of pyridine rings is 1. The van der Waals surface area contributed by atoms with Crippen LogP contribution in [0.4, 0.5) is 0 Å². The van der Waals surface area contributed by atoms with Gasteiger partial charge in [-0.25, -0.2) is 4.98 Å². The van der Waals surface area contributed by atoms with Gasteiger partial charge in [-0.3, -0.25) is 9.59 Å². The summed E-state index contributed by atoms with van der Waals surface area (Å²) in [5, 5.41) is 7.23. The van der Waals surface area contributed by atoms with Crippen molar-refractivity contribution in [2.24, 2.45) is 5.92 Å². The van der Waals surface area contributed by atoms with E-state index in [0.29, 0.717) is 22.3 Å². The predicted molar refractivity (Wildman–Crippen MR) is 130 cm³/mol. The molecule has 3 aromatic rings. The van der Waals surface area contributed by atoms with Gasteiger partial charge >= 0.3 is 0 Å². The molecule has 34 heavy (non-hydrogen) atoms. The molecule has 2 aromatic heterocycles. The fourth-order valence-electron chi connectivity index (χ4n) is 4.39. The zero-order valence-corrected chi connectivity index (χ0v) is 20.3. The molecule has 1 N–H and O–H groups in total. The average molecular weight is 497 g/mol. The van der Waals surface area contributed by atoms with E-state index in [4.69, 9.17) is 26.1 Å². The van der Waals surface area contributed by atoms with E-state index in [1.54, 1.807) is 24.3 Å². The zero-order chi connectivity index (χ0) is 23.7. The van der Waals surface area contributed by atoms with Crippen LogP contribution >= 0.6 is 22.9 Å². The minimum absolute atomic E-state index is 0.00132. The molecule has 1 aromatic carbocycles. The first-order chi connectivity index (χ1) is 16.4. The number of benzene rings is 1. The number of nitrogens with zero attached hydrogens (tertiary/aromatic N) is 1. The summed E-state index contributed by atoms with van der Waals surface area (Å²) in [4.78, 5) is 31.3. The molecule has 1 aliphatic carbocycles. The van der Waals surface area contributed by atoms with E-state index in [2.05, 4.69) is 5.32 Å². The maximum absolute atomic E-state index is 13.3. The molecule has 0 spiro atoms. The summed E-state index contributed by atoms with van der Waals surface area (Å²) in [7, 11) is 0. The van der Waals surface area contributed by atoms with Gasteiger partial charge in [0, 0.05) is 12.5 Å². The van der Waals surface area contributed by atoms with Crippen LogP contribution in [-0.4, -0.2) is 28.9 Å². The van der Waals surface area contributed by atoms with E-state index in [9.17, 15) is 9.59 Å². The first kappa shape index (κ1) is 22.9. The van der Waals surface area contributed by atoms with E-state index in [-0.39, 0.29) is 18.3 Å². The molecule has 3 unspecified atom stereocenters. The third-order valence-electron chi connectivity index (χ3n) is 6.25. The fraction of sp³-hybridized carbons (Fsp3) is 0.346. The molecule has 1 aliphatic heterocycles. The zero-order valence-electron chi connectivity index (χ0n) is 18.7. The highest BCUT2D eigenvalue weighted by Gasteiger charge is 2.49. The lowest BCUT2D eigenvalue weighted by atomic mass is 9.79. The van der Waals surface area contributed by atoms with Crippen LogP contribution in [-0.2, 0) is 15.1 Å². The number of nitrogens with one attached hydrogen (secondary N) is 1. The quantitative estimate of drug-likeness (QED) is 0.437. The van der Waals surface area contributed by atoms with Crippen molar-refractivity contribution in [2.45, 2.75) is 50.4 Å². The summed E-state index contributed by atoms with van der Waals surface area (Å²) < 4.78 is 11.8. The second-order valence-electron chi connectivity index (χ2n) is 8.95. The SMILES string of the molecule is CC(CC1CC1)Oc1cccc(C2(c3ccsc3)CC(=O)C(Oc3ccccc3Cl)C(=O)N2)n1. The molecule has 1 amide bonds. The van der Waals surface area contributed by atoms with Crippen LogP contribution in [0.5, 0.6) is 11.6 Å². The number of para-hydroxylation sites is 1. The molecule has 6 nitrogen and oxygen atoms in total. The van der Waals surface area contributed by atoms with E-state index >= 15 is 0 Å². The van der Waals surface area contributed by atoms with Gasteiger partial charge in [0.15, 0.2) is 5.78 Å². The summed E-state index contributed by atoms with van der Waals surface area (Å²) in [6, 6.07) is 14.2. The van der Waals surface area contributed by atoms with Crippen molar-refractivity contribution in [3.05, 3.63) is 75.6 Å². The Morgan fingerprint density at radius 2 is 2.00 bits per heavy atom. The average Bonchev–Trinajstić information content (AvgIpc) is 3.44. The van der Waals surface area contributed by atoms with Crippen molar-refractivity contribution in [3.63, 3.8) is 0 Å². The monoisotopic (exact) mass is 496 g/mol. The van der Waals surface area contributed by atoms with Crippen LogP contribution < -0.4 is 14.8 Å². The van der Waals surface area contributed by atoms with Crippen LogP contribution in [0.25, 0.3) is 0 Å². The standard InChI is InChI=1S/C26H25ClN2O4S/c1-16(13-17-9-10-17)32-23-8-4-7-22(28-23)26(18-11-12-34-15-18)14-20(30)24(25(31)29-26)33-21-6-3-2-5-19(21)27/h2-8,11-12,15-17,24H,9-10,13-14H2,1H3,(H,29,31). The molecule has 0 bridgehead atoms. The Morgan fingerprint density at radius 1 is 1.18 bits per heavy atom. The number of hydrogen-bond donors (Lipinski definition) is 1. The number of aromatic nitrogens is 1. The number of halogens is 1. The number of ketones is 1. The molecule has 1 saturated carbocycles. The van der Waals surface area contributed by atoms with Gasteiger partial charge in [-0.1, -0.05) is 42.6 Å². The Kier molecular flexibility index (Phi) is 6.32. The molecule has 2 fully saturated rings. The summed E-state index contributed by atoms with van der Waals surface area (Å²) in [6.45, 7) is 2.05. The van der Waals surface area contributed by atoms with Gasteiger partial charge in [0.05, 0.1) is 16.8 Å². The van der Waals surface area contributed by atoms with Gasteiger partial charge in [-0.05, 0) is 59.9 Å². The van der Waals surface area contributed by atoms with Crippen molar-refractivity contribution in [1.82, 2.24) is 10.3 Å². The van der Waals surface area contributed by atoms with Crippen molar-refractivity contribution >= 4 is 34.6 Å². The lowest BCUT2D eigenvalue weighted by molar-refractivity contribution is -0.144. The Morgan fingerprint density at radius 3 is 2.71 bits per heavy atom. The number of ether oxygens (including phenoxy) is 2. The maximum atomic E-state index is 13.3. The topological polar surface area (TPSA) is 77.5 Å². The molecule has 0 radical (unpaired) electrons. The summed E-state index contributed by atoms with van der Waals surface area (Å²) >= 11 is 7.67. The highest BCUT2D eigenvalue weighted by atomic mass is 35.5. The molecule has 1 saturated heterocycles. The number of rotatable bonds is 8. The molecule has 8 heteroatoms. The normalized spacial score (nSPS) is 23.3. The summed E-state index contributed by atoms with van der Waals surface area (Å²) in [5.74, 6) is 0.638. The van der Waals surface area contributed by atoms with Crippen LogP contribution in [0.2, 0.25) is 5.02 Å². The number of Topliss-reactive ketones (excluding diaryl/α,β-unsaturated/α-hetero) is 1. The fourth-order valence-corrected chi connectivity index (χ4v) is 5.30. The lowest BCUT2D eigenvalue weighted by Crippen LogP contribution is -2.60. The molecular formula is C26H25ClN2O4S. The largest absolute Gasteiger partial charge is 0.475 e. The first-order valence-electron chi connectivity index (χ1n) is 11.4. The third-order valence-corrected chi connectivity index (χ3v) is 7.24. The highest BCUT2D eigenvalue weighted by Crippen LogP contribution is 2.39. The number of hydrogen-bond acceptors (Lipinski definition) is 6. The van der Waals surface area contributed by atoms with Gasteiger partial charge in [-0.15, -0.1) is 0 Å². The number of piperidine rings is 1. The van der Waals surface area contributed by atoms with Gasteiger partial charge < -0.3 is 14.8 Å². The van der Waals surface area contributed by atoms with Crippen LogP contribution in [0.1, 0.15) is 43.9 Å². The molecule has 2 aliphatic rings. The predicted octanol–water partition coefficient (Wildman–Crippen LogP) is 5.14.